The molecule has 70 valence electrons. The van der Waals surface area contributed by atoms with Crippen molar-refractivity contribution >= 4 is 45.2 Å². The summed E-state index contributed by atoms with van der Waals surface area (Å²) in [4.78, 5) is 11.4. The number of nitrogens with two attached hydrogens (primary N) is 1. The van der Waals surface area contributed by atoms with Crippen LogP contribution in [0.5, 0.6) is 0 Å². The van der Waals surface area contributed by atoms with Gasteiger partial charge in [-0.2, -0.15) is 9.50 Å². The molecule has 3 heterocycles. The maximum atomic E-state index is 5.72. The summed E-state index contributed by atoms with van der Waals surface area (Å²) in [5.41, 5.74) is 7.19. The molecule has 3 aromatic heterocycles. The van der Waals surface area contributed by atoms with Gasteiger partial charge in [0.05, 0.1) is 5.39 Å². The first-order valence-electron chi connectivity index (χ1n) is 3.90. The zero-order chi connectivity index (χ0) is 9.71. The molecular formula is C7H5IN6. The number of halogens is 1. The quantitative estimate of drug-likeness (QED) is 0.601. The zero-order valence-electron chi connectivity index (χ0n) is 6.90. The van der Waals surface area contributed by atoms with Crippen LogP contribution >= 0.6 is 22.6 Å². The Morgan fingerprint density at radius 2 is 2.29 bits per heavy atom. The van der Waals surface area contributed by atoms with Crippen molar-refractivity contribution in [3.8, 4) is 0 Å². The molecular weight excluding hydrogens is 295 g/mol. The van der Waals surface area contributed by atoms with Gasteiger partial charge in [-0.05, 0) is 6.07 Å². The van der Waals surface area contributed by atoms with Gasteiger partial charge >= 0.3 is 0 Å². The molecule has 6 nitrogen and oxygen atoms in total. The molecule has 0 spiro atoms. The number of rotatable bonds is 0. The fourth-order valence-electron chi connectivity index (χ4n) is 1.42. The van der Waals surface area contributed by atoms with Gasteiger partial charge in [0.15, 0.2) is 5.65 Å². The molecule has 0 atom stereocenters. The lowest BCUT2D eigenvalue weighted by molar-refractivity contribution is 0.933. The van der Waals surface area contributed by atoms with Crippen molar-refractivity contribution in [1.82, 2.24) is 24.6 Å². The van der Waals surface area contributed by atoms with E-state index >= 15 is 0 Å². The number of H-pyrrole nitrogens is 1. The van der Waals surface area contributed by atoms with E-state index in [1.807, 2.05) is 28.7 Å². The minimum atomic E-state index is 0.338. The average Bonchev–Trinajstić information content (AvgIpc) is 2.69. The van der Waals surface area contributed by atoms with Crippen LogP contribution in [0.4, 0.5) is 5.95 Å². The van der Waals surface area contributed by atoms with Crippen LogP contribution in [0.25, 0.3) is 16.7 Å². The highest BCUT2D eigenvalue weighted by Crippen LogP contribution is 2.18. The normalized spacial score (nSPS) is 11.5. The van der Waals surface area contributed by atoms with E-state index in [-0.39, 0.29) is 0 Å². The van der Waals surface area contributed by atoms with Crippen LogP contribution < -0.4 is 5.73 Å². The van der Waals surface area contributed by atoms with Crippen molar-refractivity contribution < 1.29 is 0 Å². The van der Waals surface area contributed by atoms with Crippen molar-refractivity contribution in [3.63, 3.8) is 0 Å². The van der Waals surface area contributed by atoms with Gasteiger partial charge in [-0.15, -0.1) is 5.10 Å². The summed E-state index contributed by atoms with van der Waals surface area (Å²) in [6.07, 6.45) is 1.80. The summed E-state index contributed by atoms with van der Waals surface area (Å²) in [6.45, 7) is 0. The second kappa shape index (κ2) is 2.56. The smallest absolute Gasteiger partial charge is 0.225 e. The summed E-state index contributed by atoms with van der Waals surface area (Å²) in [5, 5.41) is 5.06. The van der Waals surface area contributed by atoms with Gasteiger partial charge in [-0.3, -0.25) is 0 Å². The van der Waals surface area contributed by atoms with Gasteiger partial charge in [0, 0.05) is 28.8 Å². The van der Waals surface area contributed by atoms with Crippen LogP contribution in [0.1, 0.15) is 0 Å². The van der Waals surface area contributed by atoms with Crippen LogP contribution in [0.3, 0.4) is 0 Å². The van der Waals surface area contributed by atoms with E-state index < -0.39 is 0 Å². The molecule has 0 radical (unpaired) electrons. The Hall–Kier alpha value is -1.38. The highest BCUT2D eigenvalue weighted by molar-refractivity contribution is 14.1. The van der Waals surface area contributed by atoms with Crippen LogP contribution in [-0.4, -0.2) is 24.6 Å². The number of nitrogen functional groups attached to an aromatic ring is 1. The molecule has 3 aromatic rings. The predicted octanol–water partition coefficient (Wildman–Crippen LogP) is 0.792. The number of nitrogens with one attached hydrogen (secondary N) is 1. The van der Waals surface area contributed by atoms with Gasteiger partial charge in [-0.1, -0.05) is 0 Å². The molecule has 0 bridgehead atoms. The largest absolute Gasteiger partial charge is 0.368 e. The fraction of sp³-hybridized carbons (Fsp3) is 0. The van der Waals surface area contributed by atoms with Gasteiger partial charge < -0.3 is 10.7 Å². The highest BCUT2D eigenvalue weighted by Gasteiger charge is 2.10. The minimum absolute atomic E-state index is 0.338. The number of aromatic amines is 1. The molecule has 0 aliphatic rings. The first-order valence-corrected chi connectivity index (χ1v) is 4.98. The summed E-state index contributed by atoms with van der Waals surface area (Å²) in [5.74, 6) is 0.338. The van der Waals surface area contributed by atoms with Gasteiger partial charge in [-0.25, -0.2) is 4.98 Å². The summed E-state index contributed by atoms with van der Waals surface area (Å²) < 4.78 is 2.20. The molecule has 14 heavy (non-hydrogen) atoms. The summed E-state index contributed by atoms with van der Waals surface area (Å²) >= 11 is 2.04. The number of aromatic nitrogens is 5. The van der Waals surface area contributed by atoms with Gasteiger partial charge in [0.1, 0.15) is 5.65 Å². The summed E-state index contributed by atoms with van der Waals surface area (Å²) in [6, 6.07) is 1.90. The van der Waals surface area contributed by atoms with E-state index in [1.165, 1.54) is 4.52 Å². The first kappa shape index (κ1) is 7.97. The van der Waals surface area contributed by atoms with Crippen molar-refractivity contribution in [2.75, 3.05) is 5.73 Å². The van der Waals surface area contributed by atoms with Crippen LogP contribution in [0, 0.1) is 3.83 Å². The van der Waals surface area contributed by atoms with Crippen molar-refractivity contribution in [2.24, 2.45) is 0 Å². The lowest BCUT2D eigenvalue weighted by Crippen LogP contribution is -2.02. The highest BCUT2D eigenvalue weighted by atomic mass is 127. The molecule has 0 aromatic carbocycles. The number of hydrogen-bond acceptors (Lipinski definition) is 4. The number of hydrogen-bond donors (Lipinski definition) is 2. The van der Waals surface area contributed by atoms with E-state index in [9.17, 15) is 0 Å². The Morgan fingerprint density at radius 3 is 3.14 bits per heavy atom. The van der Waals surface area contributed by atoms with Crippen LogP contribution in [0.15, 0.2) is 12.3 Å². The monoisotopic (exact) mass is 300 g/mol. The Kier molecular flexibility index (Phi) is 1.46. The van der Waals surface area contributed by atoms with E-state index in [1.54, 1.807) is 6.20 Å². The predicted molar refractivity (Wildman–Crippen MR) is 59.8 cm³/mol. The zero-order valence-corrected chi connectivity index (χ0v) is 9.06. The SMILES string of the molecule is Nc1nc2[nH]ccc2c2nc(I)nn12. The Labute approximate surface area is 91.7 Å². The van der Waals surface area contributed by atoms with Crippen LogP contribution in [0.2, 0.25) is 0 Å². The van der Waals surface area contributed by atoms with Crippen molar-refractivity contribution in [3.05, 3.63) is 16.1 Å². The Morgan fingerprint density at radius 1 is 1.43 bits per heavy atom. The third-order valence-corrected chi connectivity index (χ3v) is 2.45. The molecule has 3 rings (SSSR count). The van der Waals surface area contributed by atoms with Gasteiger partial charge in [0.2, 0.25) is 9.78 Å². The topological polar surface area (TPSA) is 84.9 Å². The molecule has 0 amide bonds. The maximum absolute atomic E-state index is 5.72. The molecule has 0 unspecified atom stereocenters. The first-order chi connectivity index (χ1) is 6.75. The van der Waals surface area contributed by atoms with E-state index in [0.717, 1.165) is 16.7 Å². The molecule has 0 saturated heterocycles. The second-order valence-electron chi connectivity index (χ2n) is 2.83. The summed E-state index contributed by atoms with van der Waals surface area (Å²) in [7, 11) is 0. The maximum Gasteiger partial charge on any atom is 0.225 e. The minimum Gasteiger partial charge on any atom is -0.368 e. The lowest BCUT2D eigenvalue weighted by atomic mass is 10.4. The number of anilines is 1. The van der Waals surface area contributed by atoms with Crippen LogP contribution in [-0.2, 0) is 0 Å². The molecule has 7 heteroatoms. The molecule has 0 fully saturated rings. The molecule has 0 saturated carbocycles. The average molecular weight is 300 g/mol. The Bertz CT molecular complexity index is 623. The molecule has 3 N–H and O–H groups in total. The second-order valence-corrected chi connectivity index (χ2v) is 3.79. The lowest BCUT2D eigenvalue weighted by Gasteiger charge is -1.96. The van der Waals surface area contributed by atoms with Gasteiger partial charge in [0.25, 0.3) is 0 Å². The fourth-order valence-corrected chi connectivity index (χ4v) is 1.86. The molecule has 0 aliphatic carbocycles. The van der Waals surface area contributed by atoms with E-state index in [2.05, 4.69) is 20.1 Å². The number of nitrogens with zero attached hydrogens (tertiary/aromatic N) is 4. The standard InChI is InChI=1S/C7H5IN6/c8-6-12-5-3-1-2-10-4(3)11-7(9)14(5)13-6/h1-2,10H,(H2,9,11). The number of fused-ring (bicyclic) bond motifs is 3. The third-order valence-electron chi connectivity index (χ3n) is 1.99. The third kappa shape index (κ3) is 0.924. The van der Waals surface area contributed by atoms with E-state index in [4.69, 9.17) is 5.73 Å². The van der Waals surface area contributed by atoms with Crippen molar-refractivity contribution in [1.29, 1.82) is 0 Å². The molecule has 0 aliphatic heterocycles. The Balaban J connectivity index is 2.65. The van der Waals surface area contributed by atoms with E-state index in [0.29, 0.717) is 9.78 Å². The van der Waals surface area contributed by atoms with Crippen molar-refractivity contribution in [2.45, 2.75) is 0 Å².